The highest BCUT2D eigenvalue weighted by Crippen LogP contribution is 2.04. The van der Waals surface area contributed by atoms with Gasteiger partial charge in [-0.25, -0.2) is 0 Å². The normalized spacial score (nSPS) is 10.2. The minimum absolute atomic E-state index is 0.0186. The van der Waals surface area contributed by atoms with Gasteiger partial charge in [-0.05, 0) is 31.0 Å². The molecule has 4 nitrogen and oxygen atoms in total. The molecule has 1 amide bonds. The number of nitrogens with two attached hydrogens (primary N) is 1. The number of nitrogens with zero attached hydrogens (tertiary/aromatic N) is 1. The van der Waals surface area contributed by atoms with E-state index in [-0.39, 0.29) is 12.3 Å². The summed E-state index contributed by atoms with van der Waals surface area (Å²) < 4.78 is 0. The third-order valence-electron chi connectivity index (χ3n) is 3.01. The first-order chi connectivity index (χ1) is 9.63. The SMILES string of the molecule is Cc1cccc(CCNC(=O)Cc2ccc(N)cn2)c1. The van der Waals surface area contributed by atoms with Crippen molar-refractivity contribution in [2.24, 2.45) is 0 Å². The Hall–Kier alpha value is -2.36. The lowest BCUT2D eigenvalue weighted by atomic mass is 10.1. The largest absolute Gasteiger partial charge is 0.397 e. The van der Waals surface area contributed by atoms with Gasteiger partial charge in [-0.15, -0.1) is 0 Å². The van der Waals surface area contributed by atoms with Crippen LogP contribution in [0.4, 0.5) is 5.69 Å². The first-order valence-electron chi connectivity index (χ1n) is 6.66. The molecule has 0 bridgehead atoms. The number of pyridine rings is 1. The number of hydrogen-bond acceptors (Lipinski definition) is 3. The zero-order valence-corrected chi connectivity index (χ0v) is 11.6. The highest BCUT2D eigenvalue weighted by Gasteiger charge is 2.04. The van der Waals surface area contributed by atoms with E-state index >= 15 is 0 Å². The van der Waals surface area contributed by atoms with Crippen molar-refractivity contribution in [1.82, 2.24) is 10.3 Å². The lowest BCUT2D eigenvalue weighted by Crippen LogP contribution is -2.27. The average Bonchev–Trinajstić information content (AvgIpc) is 2.41. The third kappa shape index (κ3) is 4.39. The Labute approximate surface area is 119 Å². The molecular weight excluding hydrogens is 250 g/mol. The molecule has 2 rings (SSSR count). The van der Waals surface area contributed by atoms with Crippen LogP contribution in [0.1, 0.15) is 16.8 Å². The van der Waals surface area contributed by atoms with Crippen LogP contribution in [0.25, 0.3) is 0 Å². The molecule has 104 valence electrons. The van der Waals surface area contributed by atoms with Gasteiger partial charge in [0.05, 0.1) is 18.3 Å². The van der Waals surface area contributed by atoms with E-state index in [1.807, 2.05) is 6.07 Å². The van der Waals surface area contributed by atoms with Gasteiger partial charge in [0, 0.05) is 12.2 Å². The van der Waals surface area contributed by atoms with Gasteiger partial charge in [0.15, 0.2) is 0 Å². The fraction of sp³-hybridized carbons (Fsp3) is 0.250. The fourth-order valence-corrected chi connectivity index (χ4v) is 1.98. The Kier molecular flexibility index (Phi) is 4.71. The molecule has 0 unspecified atom stereocenters. The summed E-state index contributed by atoms with van der Waals surface area (Å²) in [6, 6.07) is 11.8. The maximum atomic E-state index is 11.8. The quantitative estimate of drug-likeness (QED) is 0.870. The predicted octanol–water partition coefficient (Wildman–Crippen LogP) is 1.87. The summed E-state index contributed by atoms with van der Waals surface area (Å²) in [6.45, 7) is 2.70. The molecule has 3 N–H and O–H groups in total. The lowest BCUT2D eigenvalue weighted by molar-refractivity contribution is -0.120. The summed E-state index contributed by atoms with van der Waals surface area (Å²) in [5.41, 5.74) is 9.35. The topological polar surface area (TPSA) is 68.0 Å². The van der Waals surface area contributed by atoms with Crippen LogP contribution in [-0.4, -0.2) is 17.4 Å². The van der Waals surface area contributed by atoms with Crippen LogP contribution in [0.2, 0.25) is 0 Å². The number of nitrogen functional groups attached to an aromatic ring is 1. The molecule has 0 saturated heterocycles. The number of hydrogen-bond donors (Lipinski definition) is 2. The fourth-order valence-electron chi connectivity index (χ4n) is 1.98. The molecule has 0 fully saturated rings. The Bertz CT molecular complexity index is 579. The number of carbonyl (C=O) groups excluding carboxylic acids is 1. The van der Waals surface area contributed by atoms with Crippen LogP contribution in [-0.2, 0) is 17.6 Å². The van der Waals surface area contributed by atoms with Crippen molar-refractivity contribution in [3.05, 3.63) is 59.4 Å². The first-order valence-corrected chi connectivity index (χ1v) is 6.66. The number of benzene rings is 1. The Morgan fingerprint density at radius 2 is 2.15 bits per heavy atom. The zero-order valence-electron chi connectivity index (χ0n) is 11.6. The third-order valence-corrected chi connectivity index (χ3v) is 3.01. The molecule has 0 spiro atoms. The van der Waals surface area contributed by atoms with Gasteiger partial charge in [0.1, 0.15) is 0 Å². The standard InChI is InChI=1S/C16H19N3O/c1-12-3-2-4-13(9-12)7-8-18-16(20)10-15-6-5-14(17)11-19-15/h2-6,9,11H,7-8,10,17H2,1H3,(H,18,20). The first kappa shape index (κ1) is 14.1. The van der Waals surface area contributed by atoms with Gasteiger partial charge in [-0.3, -0.25) is 9.78 Å². The van der Waals surface area contributed by atoms with Crippen molar-refractivity contribution >= 4 is 11.6 Å². The van der Waals surface area contributed by atoms with Gasteiger partial charge in [-0.2, -0.15) is 0 Å². The molecule has 2 aromatic rings. The molecule has 0 saturated carbocycles. The van der Waals surface area contributed by atoms with E-state index in [4.69, 9.17) is 5.73 Å². The van der Waals surface area contributed by atoms with Gasteiger partial charge in [0.25, 0.3) is 0 Å². The van der Waals surface area contributed by atoms with Gasteiger partial charge >= 0.3 is 0 Å². The number of rotatable bonds is 5. The van der Waals surface area contributed by atoms with Crippen molar-refractivity contribution in [1.29, 1.82) is 0 Å². The molecule has 0 aliphatic rings. The van der Waals surface area contributed by atoms with Gasteiger partial charge in [-0.1, -0.05) is 29.8 Å². The molecule has 0 aliphatic carbocycles. The van der Waals surface area contributed by atoms with E-state index in [1.54, 1.807) is 18.3 Å². The molecular formula is C16H19N3O. The van der Waals surface area contributed by atoms with Crippen LogP contribution < -0.4 is 11.1 Å². The Morgan fingerprint density at radius 3 is 2.85 bits per heavy atom. The minimum Gasteiger partial charge on any atom is -0.397 e. The van der Waals surface area contributed by atoms with Crippen LogP contribution in [0.15, 0.2) is 42.6 Å². The molecule has 0 aliphatic heterocycles. The monoisotopic (exact) mass is 269 g/mol. The summed E-state index contributed by atoms with van der Waals surface area (Å²) in [6.07, 6.45) is 2.69. The maximum absolute atomic E-state index is 11.8. The van der Waals surface area contributed by atoms with Crippen molar-refractivity contribution in [3.8, 4) is 0 Å². The van der Waals surface area contributed by atoms with E-state index < -0.39 is 0 Å². The van der Waals surface area contributed by atoms with Crippen LogP contribution in [0.5, 0.6) is 0 Å². The van der Waals surface area contributed by atoms with Gasteiger partial charge in [0.2, 0.25) is 5.91 Å². The second kappa shape index (κ2) is 6.70. The minimum atomic E-state index is -0.0186. The number of aryl methyl sites for hydroxylation is 1. The van der Waals surface area contributed by atoms with E-state index in [1.165, 1.54) is 11.1 Å². The van der Waals surface area contributed by atoms with E-state index in [9.17, 15) is 4.79 Å². The lowest BCUT2D eigenvalue weighted by Gasteiger charge is -2.06. The number of nitrogens with one attached hydrogen (secondary N) is 1. The van der Waals surface area contributed by atoms with Crippen molar-refractivity contribution in [2.75, 3.05) is 12.3 Å². The Morgan fingerprint density at radius 1 is 1.30 bits per heavy atom. The highest BCUT2D eigenvalue weighted by molar-refractivity contribution is 5.78. The molecule has 0 atom stereocenters. The molecule has 1 heterocycles. The molecule has 0 radical (unpaired) electrons. The van der Waals surface area contributed by atoms with E-state index in [0.29, 0.717) is 12.2 Å². The number of amides is 1. The van der Waals surface area contributed by atoms with Crippen LogP contribution >= 0.6 is 0 Å². The van der Waals surface area contributed by atoms with Gasteiger partial charge < -0.3 is 11.1 Å². The van der Waals surface area contributed by atoms with Crippen molar-refractivity contribution < 1.29 is 4.79 Å². The molecule has 4 heteroatoms. The molecule has 1 aromatic carbocycles. The molecule has 1 aromatic heterocycles. The zero-order chi connectivity index (χ0) is 14.4. The summed E-state index contributed by atoms with van der Waals surface area (Å²) in [7, 11) is 0. The highest BCUT2D eigenvalue weighted by atomic mass is 16.1. The van der Waals surface area contributed by atoms with Crippen molar-refractivity contribution in [2.45, 2.75) is 19.8 Å². The van der Waals surface area contributed by atoms with Crippen LogP contribution in [0, 0.1) is 6.92 Å². The van der Waals surface area contributed by atoms with Crippen molar-refractivity contribution in [3.63, 3.8) is 0 Å². The number of aromatic nitrogens is 1. The summed E-state index contributed by atoms with van der Waals surface area (Å²) in [5, 5.41) is 2.90. The maximum Gasteiger partial charge on any atom is 0.226 e. The van der Waals surface area contributed by atoms with E-state index in [2.05, 4.69) is 35.4 Å². The summed E-state index contributed by atoms with van der Waals surface area (Å²) in [5.74, 6) is -0.0186. The number of carbonyl (C=O) groups is 1. The second-order valence-electron chi connectivity index (χ2n) is 4.85. The van der Waals surface area contributed by atoms with E-state index in [0.717, 1.165) is 12.1 Å². The second-order valence-corrected chi connectivity index (χ2v) is 4.85. The number of anilines is 1. The summed E-state index contributed by atoms with van der Waals surface area (Å²) >= 11 is 0. The predicted molar refractivity (Wildman–Crippen MR) is 80.2 cm³/mol. The summed E-state index contributed by atoms with van der Waals surface area (Å²) in [4.78, 5) is 15.9. The Balaban J connectivity index is 1.76. The smallest absolute Gasteiger partial charge is 0.226 e. The van der Waals surface area contributed by atoms with Crippen LogP contribution in [0.3, 0.4) is 0 Å². The average molecular weight is 269 g/mol. The molecule has 20 heavy (non-hydrogen) atoms.